The van der Waals surface area contributed by atoms with Gasteiger partial charge in [-0.2, -0.15) is 0 Å². The van der Waals surface area contributed by atoms with E-state index in [0.717, 1.165) is 25.7 Å². The van der Waals surface area contributed by atoms with Crippen molar-refractivity contribution < 1.29 is 14.3 Å². The summed E-state index contributed by atoms with van der Waals surface area (Å²) in [6.45, 7) is 4.15. The van der Waals surface area contributed by atoms with Crippen LogP contribution in [0.5, 0.6) is 0 Å². The molecule has 5 nitrogen and oxygen atoms in total. The fraction of sp³-hybridized carbons (Fsp3) is 0.600. The van der Waals surface area contributed by atoms with Crippen molar-refractivity contribution in [3.63, 3.8) is 0 Å². The van der Waals surface area contributed by atoms with E-state index in [9.17, 15) is 9.59 Å². The zero-order chi connectivity index (χ0) is 15.6. The lowest BCUT2D eigenvalue weighted by Crippen LogP contribution is -2.18. The number of carbonyl (C=O) groups excluding carboxylic acids is 2. The van der Waals surface area contributed by atoms with Crippen molar-refractivity contribution in [2.24, 2.45) is 5.92 Å². The van der Waals surface area contributed by atoms with Gasteiger partial charge in [0.2, 0.25) is 0 Å². The Morgan fingerprint density at radius 3 is 2.48 bits per heavy atom. The molecular weight excluding hydrogens is 288 g/mol. The second-order valence-corrected chi connectivity index (χ2v) is 6.36. The van der Waals surface area contributed by atoms with Crippen LogP contribution in [-0.4, -0.2) is 24.9 Å². The fourth-order valence-electron chi connectivity index (χ4n) is 2.24. The standard InChI is InChI=1S/C15H22N2O3S/c1-4-9(5-2)17-14-10(15(19)20-3)11(16)13(21-14)12(18)8-6-7-8/h8-9,17H,4-7,16H2,1-3H3. The molecule has 1 aromatic heterocycles. The van der Waals surface area contributed by atoms with Crippen LogP contribution in [0.25, 0.3) is 0 Å². The number of carbonyl (C=O) groups is 2. The Morgan fingerprint density at radius 1 is 1.38 bits per heavy atom. The number of thiophene rings is 1. The first-order valence-electron chi connectivity index (χ1n) is 7.34. The molecule has 0 aromatic carbocycles. The van der Waals surface area contributed by atoms with Gasteiger partial charge in [0.15, 0.2) is 5.78 Å². The number of methoxy groups -OCH3 is 1. The van der Waals surface area contributed by atoms with Gasteiger partial charge in [-0.3, -0.25) is 4.79 Å². The molecule has 0 amide bonds. The Kier molecular flexibility index (Phi) is 4.88. The molecule has 0 saturated heterocycles. The molecule has 0 aliphatic heterocycles. The quantitative estimate of drug-likeness (QED) is 0.596. The molecule has 0 spiro atoms. The Balaban J connectivity index is 2.38. The zero-order valence-corrected chi connectivity index (χ0v) is 13.5. The number of nitrogens with one attached hydrogen (secondary N) is 1. The topological polar surface area (TPSA) is 81.4 Å². The van der Waals surface area contributed by atoms with Gasteiger partial charge in [0.25, 0.3) is 0 Å². The van der Waals surface area contributed by atoms with Crippen LogP contribution >= 0.6 is 11.3 Å². The van der Waals surface area contributed by atoms with Gasteiger partial charge >= 0.3 is 5.97 Å². The Morgan fingerprint density at radius 2 is 2.00 bits per heavy atom. The number of hydrogen-bond acceptors (Lipinski definition) is 6. The molecule has 0 bridgehead atoms. The van der Waals surface area contributed by atoms with Gasteiger partial charge in [-0.05, 0) is 25.7 Å². The molecular formula is C15H22N2O3S. The number of rotatable bonds is 7. The minimum Gasteiger partial charge on any atom is -0.465 e. The molecule has 1 aliphatic rings. The van der Waals surface area contributed by atoms with Crippen LogP contribution in [0.1, 0.15) is 59.6 Å². The predicted octanol–water partition coefficient (Wildman–Crippen LogP) is 3.31. The third-order valence-electron chi connectivity index (χ3n) is 3.83. The van der Waals surface area contributed by atoms with Crippen molar-refractivity contribution in [2.75, 3.05) is 18.2 Å². The van der Waals surface area contributed by atoms with E-state index in [1.807, 2.05) is 0 Å². The first-order chi connectivity index (χ1) is 10.0. The summed E-state index contributed by atoms with van der Waals surface area (Å²) in [6, 6.07) is 0.246. The van der Waals surface area contributed by atoms with E-state index in [1.54, 1.807) is 0 Å². The number of anilines is 2. The van der Waals surface area contributed by atoms with Gasteiger partial charge in [0, 0.05) is 12.0 Å². The van der Waals surface area contributed by atoms with Crippen molar-refractivity contribution >= 4 is 33.8 Å². The predicted molar refractivity (Wildman–Crippen MR) is 85.1 cm³/mol. The first kappa shape index (κ1) is 15.8. The van der Waals surface area contributed by atoms with E-state index in [1.165, 1.54) is 18.4 Å². The van der Waals surface area contributed by atoms with Gasteiger partial charge in [-0.15, -0.1) is 11.3 Å². The van der Waals surface area contributed by atoms with Crippen molar-refractivity contribution in [3.8, 4) is 0 Å². The first-order valence-corrected chi connectivity index (χ1v) is 8.16. The third-order valence-corrected chi connectivity index (χ3v) is 4.98. The minimum absolute atomic E-state index is 0.0558. The van der Waals surface area contributed by atoms with Gasteiger partial charge in [0.1, 0.15) is 10.6 Å². The highest BCUT2D eigenvalue weighted by molar-refractivity contribution is 7.19. The molecule has 0 unspecified atom stereocenters. The van der Waals surface area contributed by atoms with E-state index in [-0.39, 0.29) is 23.4 Å². The maximum absolute atomic E-state index is 12.3. The van der Waals surface area contributed by atoms with E-state index < -0.39 is 5.97 Å². The van der Waals surface area contributed by atoms with Gasteiger partial charge in [0.05, 0.1) is 17.7 Å². The highest BCUT2D eigenvalue weighted by atomic mass is 32.1. The molecule has 116 valence electrons. The largest absolute Gasteiger partial charge is 0.465 e. The van der Waals surface area contributed by atoms with Crippen LogP contribution in [-0.2, 0) is 4.74 Å². The summed E-state index contributed by atoms with van der Waals surface area (Å²) in [4.78, 5) is 24.8. The molecule has 0 radical (unpaired) electrons. The van der Waals surface area contributed by atoms with Crippen molar-refractivity contribution in [1.82, 2.24) is 0 Å². The molecule has 3 N–H and O–H groups in total. The number of nitrogens with two attached hydrogens (primary N) is 1. The molecule has 0 atom stereocenters. The van der Waals surface area contributed by atoms with Crippen molar-refractivity contribution in [2.45, 2.75) is 45.6 Å². The Labute approximate surface area is 128 Å². The van der Waals surface area contributed by atoms with Crippen LogP contribution < -0.4 is 11.1 Å². The maximum atomic E-state index is 12.3. The molecule has 6 heteroatoms. The van der Waals surface area contributed by atoms with Gasteiger partial charge in [-0.25, -0.2) is 4.79 Å². The summed E-state index contributed by atoms with van der Waals surface area (Å²) in [5.41, 5.74) is 6.62. The Bertz CT molecular complexity index is 545. The number of ketones is 1. The van der Waals surface area contributed by atoms with Gasteiger partial charge < -0.3 is 15.8 Å². The van der Waals surface area contributed by atoms with Crippen LogP contribution in [0.4, 0.5) is 10.7 Å². The van der Waals surface area contributed by atoms with Crippen LogP contribution in [0, 0.1) is 5.92 Å². The Hall–Kier alpha value is -1.56. The molecule has 1 saturated carbocycles. The average Bonchev–Trinajstić information content (AvgIpc) is 3.28. The molecule has 2 rings (SSSR count). The van der Waals surface area contributed by atoms with Crippen LogP contribution in [0.2, 0.25) is 0 Å². The summed E-state index contributed by atoms with van der Waals surface area (Å²) in [7, 11) is 1.32. The van der Waals surface area contributed by atoms with Crippen molar-refractivity contribution in [1.29, 1.82) is 0 Å². The molecule has 1 aliphatic carbocycles. The zero-order valence-electron chi connectivity index (χ0n) is 12.7. The second kappa shape index (κ2) is 6.47. The smallest absolute Gasteiger partial charge is 0.343 e. The number of nitrogen functional groups attached to an aromatic ring is 1. The van der Waals surface area contributed by atoms with E-state index in [2.05, 4.69) is 19.2 Å². The highest BCUT2D eigenvalue weighted by Crippen LogP contribution is 2.42. The molecule has 21 heavy (non-hydrogen) atoms. The third kappa shape index (κ3) is 3.20. The van der Waals surface area contributed by atoms with E-state index in [4.69, 9.17) is 10.5 Å². The minimum atomic E-state index is -0.493. The molecule has 1 fully saturated rings. The summed E-state index contributed by atoms with van der Waals surface area (Å²) < 4.78 is 4.81. The SMILES string of the molecule is CCC(CC)Nc1sc(C(=O)C2CC2)c(N)c1C(=O)OC. The molecule has 1 heterocycles. The monoisotopic (exact) mass is 310 g/mol. The maximum Gasteiger partial charge on any atom is 0.343 e. The van der Waals surface area contributed by atoms with E-state index in [0.29, 0.717) is 15.4 Å². The van der Waals surface area contributed by atoms with Crippen LogP contribution in [0.3, 0.4) is 0 Å². The number of Topliss-reactive ketones (excluding diaryl/α,β-unsaturated/α-hetero) is 1. The summed E-state index contributed by atoms with van der Waals surface area (Å²) in [5.74, 6) is -0.357. The number of hydrogen-bond donors (Lipinski definition) is 2. The van der Waals surface area contributed by atoms with E-state index >= 15 is 0 Å². The highest BCUT2D eigenvalue weighted by Gasteiger charge is 2.35. The fourth-order valence-corrected chi connectivity index (χ4v) is 3.45. The second-order valence-electron chi connectivity index (χ2n) is 5.34. The lowest BCUT2D eigenvalue weighted by Gasteiger charge is -2.15. The summed E-state index contributed by atoms with van der Waals surface area (Å²) >= 11 is 1.28. The van der Waals surface area contributed by atoms with Crippen LogP contribution in [0.15, 0.2) is 0 Å². The molecule has 1 aromatic rings. The number of ether oxygens (including phenoxy) is 1. The lowest BCUT2D eigenvalue weighted by atomic mass is 10.1. The lowest BCUT2D eigenvalue weighted by molar-refractivity contribution is 0.0603. The van der Waals surface area contributed by atoms with Gasteiger partial charge in [-0.1, -0.05) is 13.8 Å². The normalized spacial score (nSPS) is 14.3. The number of esters is 1. The summed E-state index contributed by atoms with van der Waals surface area (Å²) in [5, 5.41) is 3.97. The summed E-state index contributed by atoms with van der Waals surface area (Å²) in [6.07, 6.45) is 3.69. The average molecular weight is 310 g/mol. The van der Waals surface area contributed by atoms with Crippen molar-refractivity contribution in [3.05, 3.63) is 10.4 Å².